The summed E-state index contributed by atoms with van der Waals surface area (Å²) in [7, 11) is 0. The number of amides is 1. The molecule has 0 radical (unpaired) electrons. The van der Waals surface area contributed by atoms with Crippen molar-refractivity contribution in [1.29, 1.82) is 0 Å². The standard InChI is InChI=1S/C21H30N4OS2/c1-13(2)25-20(17-11-27-18-10-14(3)8-9-16(17)18)23-24-21(25)28-12-19(26)22-15-6-4-5-7-15/h11,13-15H,4-10,12H2,1-3H3,(H,22,26). The van der Waals surface area contributed by atoms with Gasteiger partial charge in [-0.2, -0.15) is 0 Å². The molecule has 1 saturated carbocycles. The Labute approximate surface area is 175 Å². The molecule has 1 N–H and O–H groups in total. The number of carbonyl (C=O) groups is 1. The summed E-state index contributed by atoms with van der Waals surface area (Å²) in [6.45, 7) is 6.66. The fourth-order valence-corrected chi connectivity index (χ4v) is 6.48. The van der Waals surface area contributed by atoms with Crippen LogP contribution in [0.1, 0.15) is 69.4 Å². The Bertz CT molecular complexity index is 836. The van der Waals surface area contributed by atoms with Crippen molar-refractivity contribution >= 4 is 29.0 Å². The van der Waals surface area contributed by atoms with Crippen LogP contribution in [0.3, 0.4) is 0 Å². The molecule has 28 heavy (non-hydrogen) atoms. The van der Waals surface area contributed by atoms with Crippen LogP contribution in [-0.4, -0.2) is 32.5 Å². The molecule has 4 rings (SSSR count). The Kier molecular flexibility index (Phi) is 6.11. The third kappa shape index (κ3) is 4.15. The molecule has 0 saturated heterocycles. The van der Waals surface area contributed by atoms with Crippen molar-refractivity contribution in [2.75, 3.05) is 5.75 Å². The first-order valence-electron chi connectivity index (χ1n) is 10.5. The smallest absolute Gasteiger partial charge is 0.230 e. The molecule has 1 fully saturated rings. The highest BCUT2D eigenvalue weighted by molar-refractivity contribution is 7.99. The number of hydrogen-bond acceptors (Lipinski definition) is 5. The Morgan fingerprint density at radius 3 is 2.86 bits per heavy atom. The molecule has 2 heterocycles. The van der Waals surface area contributed by atoms with E-state index in [1.54, 1.807) is 0 Å². The van der Waals surface area contributed by atoms with E-state index in [0.29, 0.717) is 11.8 Å². The predicted molar refractivity (Wildman–Crippen MR) is 116 cm³/mol. The molecule has 0 spiro atoms. The van der Waals surface area contributed by atoms with Gasteiger partial charge in [-0.25, -0.2) is 0 Å². The lowest BCUT2D eigenvalue weighted by Crippen LogP contribution is -2.33. The van der Waals surface area contributed by atoms with Crippen LogP contribution < -0.4 is 5.32 Å². The maximum Gasteiger partial charge on any atom is 0.230 e. The van der Waals surface area contributed by atoms with Gasteiger partial charge < -0.3 is 5.32 Å². The van der Waals surface area contributed by atoms with Gasteiger partial charge in [0.2, 0.25) is 5.91 Å². The minimum atomic E-state index is 0.110. The quantitative estimate of drug-likeness (QED) is 0.680. The highest BCUT2D eigenvalue weighted by atomic mass is 32.2. The summed E-state index contributed by atoms with van der Waals surface area (Å²) in [6, 6.07) is 0.620. The fourth-order valence-electron chi connectivity index (χ4n) is 4.36. The first kappa shape index (κ1) is 20.0. The maximum atomic E-state index is 12.3. The largest absolute Gasteiger partial charge is 0.353 e. The Balaban J connectivity index is 1.51. The molecule has 0 aromatic carbocycles. The second-order valence-corrected chi connectivity index (χ2v) is 10.4. The number of nitrogens with zero attached hydrogens (tertiary/aromatic N) is 3. The predicted octanol–water partition coefficient (Wildman–Crippen LogP) is 4.86. The van der Waals surface area contributed by atoms with E-state index in [-0.39, 0.29) is 11.9 Å². The average molecular weight is 419 g/mol. The zero-order valence-corrected chi connectivity index (χ0v) is 18.7. The zero-order valence-electron chi connectivity index (χ0n) is 17.0. The summed E-state index contributed by atoms with van der Waals surface area (Å²) in [6.07, 6.45) is 8.25. The lowest BCUT2D eigenvalue weighted by atomic mass is 9.88. The van der Waals surface area contributed by atoms with E-state index in [0.717, 1.165) is 36.2 Å². The van der Waals surface area contributed by atoms with Crippen molar-refractivity contribution in [3.05, 3.63) is 15.8 Å². The number of thioether (sulfide) groups is 1. The lowest BCUT2D eigenvalue weighted by molar-refractivity contribution is -0.119. The minimum Gasteiger partial charge on any atom is -0.353 e. The first-order valence-corrected chi connectivity index (χ1v) is 12.4. The summed E-state index contributed by atoms with van der Waals surface area (Å²) in [4.78, 5) is 13.8. The van der Waals surface area contributed by atoms with Crippen LogP contribution in [0.2, 0.25) is 0 Å². The lowest BCUT2D eigenvalue weighted by Gasteiger charge is -2.20. The van der Waals surface area contributed by atoms with E-state index in [2.05, 4.69) is 46.2 Å². The molecule has 0 aliphatic heterocycles. The summed E-state index contributed by atoms with van der Waals surface area (Å²) in [5.74, 6) is 2.24. The van der Waals surface area contributed by atoms with E-state index < -0.39 is 0 Å². The molecule has 1 amide bonds. The van der Waals surface area contributed by atoms with Crippen LogP contribution in [0.5, 0.6) is 0 Å². The van der Waals surface area contributed by atoms with E-state index >= 15 is 0 Å². The topological polar surface area (TPSA) is 59.8 Å². The third-order valence-electron chi connectivity index (χ3n) is 5.88. The number of fused-ring (bicyclic) bond motifs is 1. The van der Waals surface area contributed by atoms with Gasteiger partial charge >= 0.3 is 0 Å². The second kappa shape index (κ2) is 8.57. The van der Waals surface area contributed by atoms with Gasteiger partial charge in [0.15, 0.2) is 11.0 Å². The monoisotopic (exact) mass is 418 g/mol. The molecule has 1 atom stereocenters. The van der Waals surface area contributed by atoms with Crippen molar-refractivity contribution in [1.82, 2.24) is 20.1 Å². The number of carbonyl (C=O) groups excluding carboxylic acids is 1. The van der Waals surface area contributed by atoms with Crippen molar-refractivity contribution in [3.63, 3.8) is 0 Å². The molecule has 2 aromatic rings. The molecule has 5 nitrogen and oxygen atoms in total. The van der Waals surface area contributed by atoms with Gasteiger partial charge in [-0.3, -0.25) is 9.36 Å². The van der Waals surface area contributed by atoms with Crippen molar-refractivity contribution in [2.45, 2.75) is 83.0 Å². The maximum absolute atomic E-state index is 12.3. The fraction of sp³-hybridized carbons (Fsp3) is 0.667. The van der Waals surface area contributed by atoms with E-state index in [4.69, 9.17) is 0 Å². The number of aromatic nitrogens is 3. The summed E-state index contributed by atoms with van der Waals surface area (Å²) < 4.78 is 2.20. The van der Waals surface area contributed by atoms with Gasteiger partial charge in [0.25, 0.3) is 0 Å². The minimum absolute atomic E-state index is 0.110. The van der Waals surface area contributed by atoms with Gasteiger partial charge in [0.05, 0.1) is 5.75 Å². The van der Waals surface area contributed by atoms with Gasteiger partial charge in [0, 0.05) is 27.9 Å². The zero-order chi connectivity index (χ0) is 19.7. The van der Waals surface area contributed by atoms with Crippen LogP contribution in [-0.2, 0) is 17.6 Å². The van der Waals surface area contributed by atoms with Crippen molar-refractivity contribution in [3.8, 4) is 11.4 Å². The number of hydrogen-bond donors (Lipinski definition) is 1. The average Bonchev–Trinajstić information content (AvgIpc) is 3.38. The molecule has 1 unspecified atom stereocenters. The van der Waals surface area contributed by atoms with Gasteiger partial charge in [-0.05, 0) is 57.4 Å². The summed E-state index contributed by atoms with van der Waals surface area (Å²) in [5, 5.41) is 15.3. The highest BCUT2D eigenvalue weighted by Crippen LogP contribution is 2.39. The van der Waals surface area contributed by atoms with Gasteiger partial charge in [-0.15, -0.1) is 21.5 Å². The van der Waals surface area contributed by atoms with Crippen LogP contribution in [0, 0.1) is 5.92 Å². The third-order valence-corrected chi connectivity index (χ3v) is 7.87. The number of nitrogens with one attached hydrogen (secondary N) is 1. The second-order valence-electron chi connectivity index (χ2n) is 8.51. The van der Waals surface area contributed by atoms with Crippen LogP contribution in [0.15, 0.2) is 10.5 Å². The van der Waals surface area contributed by atoms with Crippen molar-refractivity contribution in [2.24, 2.45) is 5.92 Å². The Morgan fingerprint density at radius 2 is 2.11 bits per heavy atom. The SMILES string of the molecule is CC1CCc2c(-c3nnc(SCC(=O)NC4CCCC4)n3C(C)C)csc2C1. The summed E-state index contributed by atoms with van der Waals surface area (Å²) in [5.41, 5.74) is 2.71. The first-order chi connectivity index (χ1) is 13.5. The molecule has 152 valence electrons. The normalized spacial score (nSPS) is 19.9. The molecular weight excluding hydrogens is 388 g/mol. The molecule has 2 aliphatic rings. The Morgan fingerprint density at radius 1 is 1.32 bits per heavy atom. The highest BCUT2D eigenvalue weighted by Gasteiger charge is 2.26. The molecular formula is C21H30N4OS2. The van der Waals surface area contributed by atoms with Crippen LogP contribution in [0.25, 0.3) is 11.4 Å². The van der Waals surface area contributed by atoms with Crippen molar-refractivity contribution < 1.29 is 4.79 Å². The van der Waals surface area contributed by atoms with Crippen LogP contribution >= 0.6 is 23.1 Å². The Hall–Kier alpha value is -1.34. The molecule has 2 aliphatic carbocycles. The van der Waals surface area contributed by atoms with Crippen LogP contribution in [0.4, 0.5) is 0 Å². The number of rotatable bonds is 6. The number of thiophene rings is 1. The summed E-state index contributed by atoms with van der Waals surface area (Å²) >= 11 is 3.37. The van der Waals surface area contributed by atoms with E-state index in [1.165, 1.54) is 53.4 Å². The van der Waals surface area contributed by atoms with E-state index in [1.807, 2.05) is 11.3 Å². The van der Waals surface area contributed by atoms with Gasteiger partial charge in [-0.1, -0.05) is 31.5 Å². The molecule has 0 bridgehead atoms. The van der Waals surface area contributed by atoms with Gasteiger partial charge in [0.1, 0.15) is 0 Å². The molecule has 2 aromatic heterocycles. The van der Waals surface area contributed by atoms with E-state index in [9.17, 15) is 4.79 Å². The molecule has 7 heteroatoms.